The van der Waals surface area contributed by atoms with Gasteiger partial charge in [-0.25, -0.2) is 0 Å². The van der Waals surface area contributed by atoms with Crippen molar-refractivity contribution in [3.8, 4) is 11.5 Å². The molecule has 21 heavy (non-hydrogen) atoms. The summed E-state index contributed by atoms with van der Waals surface area (Å²) in [7, 11) is 1.60. The number of ether oxygens (including phenoxy) is 1. The van der Waals surface area contributed by atoms with E-state index in [1.54, 1.807) is 13.2 Å². The van der Waals surface area contributed by atoms with Crippen LogP contribution >= 0.6 is 35.3 Å². The van der Waals surface area contributed by atoms with Crippen molar-refractivity contribution < 1.29 is 9.84 Å². The summed E-state index contributed by atoms with van der Waals surface area (Å²) in [6.07, 6.45) is 0. The van der Waals surface area contributed by atoms with E-state index in [1.165, 1.54) is 5.56 Å². The summed E-state index contributed by atoms with van der Waals surface area (Å²) >= 11 is 6.02. The maximum absolute atomic E-state index is 9.79. The van der Waals surface area contributed by atoms with E-state index in [0.29, 0.717) is 16.2 Å². The highest BCUT2D eigenvalue weighted by Crippen LogP contribution is 2.42. The summed E-state index contributed by atoms with van der Waals surface area (Å²) in [5.41, 5.74) is 1.25. The van der Waals surface area contributed by atoms with Gasteiger partial charge in [0.2, 0.25) is 0 Å². The zero-order valence-corrected chi connectivity index (χ0v) is 15.7. The minimum absolute atomic E-state index is 0.212. The molecule has 1 aromatic carbocycles. The van der Waals surface area contributed by atoms with Crippen LogP contribution < -0.4 is 4.74 Å². The lowest BCUT2D eigenvalue weighted by molar-refractivity contribution is 0.373. The molecule has 0 spiro atoms. The molecule has 0 fully saturated rings. The third-order valence-corrected chi connectivity index (χ3v) is 6.96. The predicted molar refractivity (Wildman–Crippen MR) is 100 cm³/mol. The Kier molecular flexibility index (Phi) is 9.52. The summed E-state index contributed by atoms with van der Waals surface area (Å²) in [6.45, 7) is 6.64. The Hall–Kier alpha value is -0.130. The number of thioether (sulfide) groups is 3. The maximum Gasteiger partial charge on any atom is 0.160 e. The quantitative estimate of drug-likeness (QED) is 0.639. The molecule has 5 heteroatoms. The number of rotatable bonds is 10. The number of methoxy groups -OCH3 is 1. The lowest BCUT2D eigenvalue weighted by Crippen LogP contribution is -2.17. The smallest absolute Gasteiger partial charge is 0.160 e. The van der Waals surface area contributed by atoms with E-state index in [-0.39, 0.29) is 5.75 Å². The first-order valence-corrected chi connectivity index (χ1v) is 10.6. The van der Waals surface area contributed by atoms with Crippen LogP contribution in [-0.4, -0.2) is 40.5 Å². The zero-order chi connectivity index (χ0) is 15.7. The molecule has 0 heterocycles. The van der Waals surface area contributed by atoms with Gasteiger partial charge in [0, 0.05) is 16.3 Å². The van der Waals surface area contributed by atoms with Gasteiger partial charge in [-0.15, -0.1) is 0 Å². The third kappa shape index (κ3) is 5.87. The monoisotopic (exact) mass is 346 g/mol. The first-order chi connectivity index (χ1) is 10.2. The summed E-state index contributed by atoms with van der Waals surface area (Å²) in [4.78, 5) is 0. The largest absolute Gasteiger partial charge is 0.504 e. The molecule has 0 radical (unpaired) electrons. The van der Waals surface area contributed by atoms with Crippen LogP contribution in [0.1, 0.15) is 31.6 Å². The Morgan fingerprint density at radius 3 is 2.38 bits per heavy atom. The van der Waals surface area contributed by atoms with Gasteiger partial charge in [-0.1, -0.05) is 26.8 Å². The molecule has 1 rings (SSSR count). The molecule has 0 saturated heterocycles. The Bertz CT molecular complexity index is 413. The van der Waals surface area contributed by atoms with Crippen molar-refractivity contribution >= 4 is 35.3 Å². The van der Waals surface area contributed by atoms with Gasteiger partial charge in [0.25, 0.3) is 0 Å². The molecule has 0 unspecified atom stereocenters. The van der Waals surface area contributed by atoms with Crippen molar-refractivity contribution in [3.63, 3.8) is 0 Å². The number of phenolic OH excluding ortho intramolecular Hbond substituents is 1. The molecule has 120 valence electrons. The van der Waals surface area contributed by atoms with E-state index in [2.05, 4.69) is 20.8 Å². The molecule has 0 aromatic heterocycles. The SMILES string of the molecule is CCSC[C@H](SCC)[C@@H](SCC)c1ccc(O)c(OC)c1. The Morgan fingerprint density at radius 2 is 1.81 bits per heavy atom. The van der Waals surface area contributed by atoms with Gasteiger partial charge in [0.05, 0.1) is 7.11 Å². The van der Waals surface area contributed by atoms with Gasteiger partial charge in [0.15, 0.2) is 11.5 Å². The maximum atomic E-state index is 9.79. The van der Waals surface area contributed by atoms with E-state index in [0.717, 1.165) is 23.0 Å². The molecule has 0 bridgehead atoms. The van der Waals surface area contributed by atoms with Gasteiger partial charge in [0.1, 0.15) is 0 Å². The van der Waals surface area contributed by atoms with E-state index < -0.39 is 0 Å². The fourth-order valence-corrected chi connectivity index (χ4v) is 5.84. The van der Waals surface area contributed by atoms with Crippen LogP contribution in [0, 0.1) is 0 Å². The molecule has 0 saturated carbocycles. The van der Waals surface area contributed by atoms with Gasteiger partial charge in [-0.3, -0.25) is 0 Å². The van der Waals surface area contributed by atoms with Crippen LogP contribution in [0.2, 0.25) is 0 Å². The van der Waals surface area contributed by atoms with Gasteiger partial charge < -0.3 is 9.84 Å². The molecule has 2 atom stereocenters. The second-order valence-electron chi connectivity index (χ2n) is 4.46. The molecular formula is C16H26O2S3. The van der Waals surface area contributed by atoms with Crippen LogP contribution in [-0.2, 0) is 0 Å². The highest BCUT2D eigenvalue weighted by molar-refractivity contribution is 8.05. The topological polar surface area (TPSA) is 29.5 Å². The lowest BCUT2D eigenvalue weighted by atomic mass is 10.1. The van der Waals surface area contributed by atoms with E-state index in [1.807, 2.05) is 47.4 Å². The Balaban J connectivity index is 3.01. The van der Waals surface area contributed by atoms with Crippen LogP contribution in [0.15, 0.2) is 18.2 Å². The van der Waals surface area contributed by atoms with E-state index >= 15 is 0 Å². The first kappa shape index (κ1) is 18.9. The van der Waals surface area contributed by atoms with E-state index in [9.17, 15) is 5.11 Å². The van der Waals surface area contributed by atoms with Crippen LogP contribution in [0.25, 0.3) is 0 Å². The molecule has 0 aliphatic heterocycles. The molecule has 0 aliphatic rings. The zero-order valence-electron chi connectivity index (χ0n) is 13.3. The molecule has 0 amide bonds. The van der Waals surface area contributed by atoms with Crippen molar-refractivity contribution in [3.05, 3.63) is 23.8 Å². The standard InChI is InChI=1S/C16H26O2S3/c1-5-19-11-15(20-6-2)16(21-7-3)12-8-9-13(17)14(10-12)18-4/h8-10,15-17H,5-7,11H2,1-4H3/t15-,16-/m0/s1. The average Bonchev–Trinajstić information content (AvgIpc) is 2.50. The van der Waals surface area contributed by atoms with Crippen LogP contribution in [0.3, 0.4) is 0 Å². The third-order valence-electron chi connectivity index (χ3n) is 3.08. The summed E-state index contributed by atoms with van der Waals surface area (Å²) in [5, 5.41) is 10.8. The van der Waals surface area contributed by atoms with Crippen molar-refractivity contribution in [2.45, 2.75) is 31.3 Å². The van der Waals surface area contributed by atoms with Crippen molar-refractivity contribution in [2.75, 3.05) is 30.1 Å². The predicted octanol–water partition coefficient (Wildman–Crippen LogP) is 5.07. The number of hydrogen-bond acceptors (Lipinski definition) is 5. The molecule has 1 N–H and O–H groups in total. The molecule has 0 aliphatic carbocycles. The Morgan fingerprint density at radius 1 is 1.10 bits per heavy atom. The number of benzene rings is 1. The van der Waals surface area contributed by atoms with Crippen LogP contribution in [0.4, 0.5) is 0 Å². The van der Waals surface area contributed by atoms with Crippen molar-refractivity contribution in [1.82, 2.24) is 0 Å². The van der Waals surface area contributed by atoms with Crippen molar-refractivity contribution in [1.29, 1.82) is 0 Å². The van der Waals surface area contributed by atoms with Gasteiger partial charge in [-0.05, 0) is 35.0 Å². The highest BCUT2D eigenvalue weighted by Gasteiger charge is 2.24. The average molecular weight is 347 g/mol. The Labute approximate surface area is 141 Å². The summed E-state index contributed by atoms with van der Waals surface area (Å²) in [6, 6.07) is 5.77. The molecular weight excluding hydrogens is 320 g/mol. The lowest BCUT2D eigenvalue weighted by Gasteiger charge is -2.26. The highest BCUT2D eigenvalue weighted by atomic mass is 32.2. The molecule has 2 nitrogen and oxygen atoms in total. The molecule has 1 aromatic rings. The normalized spacial score (nSPS) is 13.9. The summed E-state index contributed by atoms with van der Waals surface area (Å²) in [5.74, 6) is 5.32. The number of hydrogen-bond donors (Lipinski definition) is 1. The number of aromatic hydroxyl groups is 1. The van der Waals surface area contributed by atoms with Gasteiger partial charge >= 0.3 is 0 Å². The van der Waals surface area contributed by atoms with E-state index in [4.69, 9.17) is 4.74 Å². The van der Waals surface area contributed by atoms with Crippen LogP contribution in [0.5, 0.6) is 11.5 Å². The minimum atomic E-state index is 0.212. The number of phenols is 1. The van der Waals surface area contributed by atoms with Gasteiger partial charge in [-0.2, -0.15) is 35.3 Å². The fraction of sp³-hybridized carbons (Fsp3) is 0.625. The fourth-order valence-electron chi connectivity index (χ4n) is 2.14. The van der Waals surface area contributed by atoms with Crippen molar-refractivity contribution in [2.24, 2.45) is 0 Å². The second kappa shape index (κ2) is 10.6. The summed E-state index contributed by atoms with van der Waals surface area (Å²) < 4.78 is 5.26. The first-order valence-electron chi connectivity index (χ1n) is 7.35. The second-order valence-corrected chi connectivity index (χ2v) is 8.71. The minimum Gasteiger partial charge on any atom is -0.504 e.